The van der Waals surface area contributed by atoms with Crippen LogP contribution in [-0.2, 0) is 5.41 Å². The van der Waals surface area contributed by atoms with Gasteiger partial charge in [-0.25, -0.2) is 0 Å². The molecule has 11 aromatic rings. The van der Waals surface area contributed by atoms with E-state index in [0.717, 1.165) is 0 Å². The van der Waals surface area contributed by atoms with Gasteiger partial charge < -0.3 is 0 Å². The monoisotopic (exact) mass is 708 g/mol. The van der Waals surface area contributed by atoms with Crippen molar-refractivity contribution in [2.75, 3.05) is 0 Å². The van der Waals surface area contributed by atoms with Crippen molar-refractivity contribution in [3.63, 3.8) is 0 Å². The molecule has 0 saturated heterocycles. The number of benzene rings is 9. The van der Waals surface area contributed by atoms with Gasteiger partial charge in [-0.1, -0.05) is 135 Å². The maximum Gasteiger partial charge on any atom is 0.0361 e. The van der Waals surface area contributed by atoms with E-state index in [1.807, 2.05) is 22.7 Å². The largest absolute Gasteiger partial charge is 0.135 e. The average Bonchev–Trinajstić information content (AvgIpc) is 3.82. The summed E-state index contributed by atoms with van der Waals surface area (Å²) in [7, 11) is 0. The van der Waals surface area contributed by atoms with Gasteiger partial charge in [0, 0.05) is 45.8 Å². The van der Waals surface area contributed by atoms with Crippen LogP contribution in [0.1, 0.15) is 25.0 Å². The second-order valence-corrected chi connectivity index (χ2v) is 17.4. The van der Waals surface area contributed by atoms with Crippen molar-refractivity contribution in [3.8, 4) is 33.4 Å². The predicted octanol–water partition coefficient (Wildman–Crippen LogP) is 15.5. The average molecular weight is 709 g/mol. The van der Waals surface area contributed by atoms with Gasteiger partial charge in [0.25, 0.3) is 0 Å². The lowest BCUT2D eigenvalue weighted by Crippen LogP contribution is -2.15. The van der Waals surface area contributed by atoms with Crippen LogP contribution in [0.4, 0.5) is 0 Å². The summed E-state index contributed by atoms with van der Waals surface area (Å²) in [6.07, 6.45) is 0. The first-order chi connectivity index (χ1) is 26.0. The number of hydrogen-bond donors (Lipinski definition) is 0. The zero-order valence-electron chi connectivity index (χ0n) is 29.3. The standard InChI is InChI=1S/C51H32S2/c1-51(2)42-24-21-29-26-47-41(33-12-8-10-18-45(33)53-47)28-40(29)50(42)39-23-20-30(25-43(39)51)48-35-13-3-5-15-37(35)49(38-16-6-4-14-36(38)48)31-19-22-34-32-11-7-9-17-44(32)52-46(34)27-31/h3-28H,1-2H3. The molecular weight excluding hydrogens is 677 g/mol. The Labute approximate surface area is 315 Å². The van der Waals surface area contributed by atoms with Gasteiger partial charge >= 0.3 is 0 Å². The maximum atomic E-state index is 2.51. The molecule has 2 aromatic heterocycles. The molecule has 9 aromatic carbocycles. The molecule has 0 atom stereocenters. The topological polar surface area (TPSA) is 0 Å². The summed E-state index contributed by atoms with van der Waals surface area (Å²) >= 11 is 3.79. The van der Waals surface area contributed by atoms with Crippen LogP contribution in [0.15, 0.2) is 158 Å². The van der Waals surface area contributed by atoms with E-state index in [0.29, 0.717) is 0 Å². The lowest BCUT2D eigenvalue weighted by Gasteiger charge is -2.23. The number of fused-ring (bicyclic) bond motifs is 13. The van der Waals surface area contributed by atoms with E-state index < -0.39 is 0 Å². The minimum atomic E-state index is -0.133. The number of hydrogen-bond acceptors (Lipinski definition) is 2. The predicted molar refractivity (Wildman–Crippen MR) is 233 cm³/mol. The molecule has 0 N–H and O–H groups in total. The van der Waals surface area contributed by atoms with Gasteiger partial charge in [0.05, 0.1) is 0 Å². The fourth-order valence-electron chi connectivity index (χ4n) is 9.57. The lowest BCUT2D eigenvalue weighted by molar-refractivity contribution is 0.661. The van der Waals surface area contributed by atoms with Crippen LogP contribution in [0.3, 0.4) is 0 Å². The number of rotatable bonds is 2. The molecule has 2 heterocycles. The molecule has 1 aliphatic rings. The van der Waals surface area contributed by atoms with Gasteiger partial charge in [0.15, 0.2) is 0 Å². The first-order valence-electron chi connectivity index (χ1n) is 18.4. The van der Waals surface area contributed by atoms with E-state index >= 15 is 0 Å². The highest BCUT2D eigenvalue weighted by atomic mass is 32.1. The van der Waals surface area contributed by atoms with E-state index in [4.69, 9.17) is 0 Å². The molecule has 0 nitrogen and oxygen atoms in total. The van der Waals surface area contributed by atoms with Crippen LogP contribution >= 0.6 is 22.7 Å². The third-order valence-corrected chi connectivity index (χ3v) is 14.3. The van der Waals surface area contributed by atoms with Crippen LogP contribution in [0.25, 0.3) is 106 Å². The molecule has 0 fully saturated rings. The fourth-order valence-corrected chi connectivity index (χ4v) is 11.8. The normalized spacial score (nSPS) is 13.6. The van der Waals surface area contributed by atoms with Gasteiger partial charge in [-0.2, -0.15) is 0 Å². The summed E-state index contributed by atoms with van der Waals surface area (Å²) in [6, 6.07) is 59.7. The van der Waals surface area contributed by atoms with Crippen molar-refractivity contribution in [3.05, 3.63) is 169 Å². The third-order valence-electron chi connectivity index (χ3n) is 12.0. The molecule has 12 rings (SSSR count). The highest BCUT2D eigenvalue weighted by Crippen LogP contribution is 2.54. The molecule has 0 unspecified atom stereocenters. The molecule has 248 valence electrons. The lowest BCUT2D eigenvalue weighted by atomic mass is 9.80. The molecule has 53 heavy (non-hydrogen) atoms. The Morgan fingerprint density at radius 3 is 1.49 bits per heavy atom. The quantitative estimate of drug-likeness (QED) is 0.157. The van der Waals surface area contributed by atoms with Gasteiger partial charge in [0.1, 0.15) is 0 Å². The summed E-state index contributed by atoms with van der Waals surface area (Å²) in [5.74, 6) is 0. The molecule has 0 bridgehead atoms. The Balaban J connectivity index is 1.09. The summed E-state index contributed by atoms with van der Waals surface area (Å²) in [4.78, 5) is 0. The third kappa shape index (κ3) is 4.05. The van der Waals surface area contributed by atoms with E-state index in [1.54, 1.807) is 0 Å². The van der Waals surface area contributed by atoms with E-state index in [1.165, 1.54) is 117 Å². The highest BCUT2D eigenvalue weighted by Gasteiger charge is 2.37. The summed E-state index contributed by atoms with van der Waals surface area (Å²) in [6.45, 7) is 4.82. The molecule has 1 aliphatic carbocycles. The van der Waals surface area contributed by atoms with Gasteiger partial charge in [-0.3, -0.25) is 0 Å². The molecule has 0 aliphatic heterocycles. The molecule has 0 radical (unpaired) electrons. The van der Waals surface area contributed by atoms with Crippen LogP contribution in [-0.4, -0.2) is 0 Å². The Hall–Kier alpha value is -5.80. The Kier molecular flexibility index (Phi) is 5.97. The van der Waals surface area contributed by atoms with Crippen LogP contribution in [0.5, 0.6) is 0 Å². The van der Waals surface area contributed by atoms with Crippen LogP contribution < -0.4 is 0 Å². The van der Waals surface area contributed by atoms with Crippen LogP contribution in [0.2, 0.25) is 0 Å². The minimum absolute atomic E-state index is 0.133. The van der Waals surface area contributed by atoms with Crippen molar-refractivity contribution >= 4 is 95.3 Å². The smallest absolute Gasteiger partial charge is 0.0361 e. The van der Waals surface area contributed by atoms with Crippen molar-refractivity contribution in [1.29, 1.82) is 0 Å². The zero-order valence-corrected chi connectivity index (χ0v) is 31.0. The second-order valence-electron chi connectivity index (χ2n) is 15.2. The SMILES string of the molecule is CC1(C)c2cc(-c3c4ccccc4c(-c4ccc5c(c4)sc4ccccc45)c4ccccc34)ccc2-c2c1ccc1cc3sc4ccccc4c3cc21. The molecular formula is C51H32S2. The number of thiophene rings is 2. The van der Waals surface area contributed by atoms with Crippen molar-refractivity contribution in [2.45, 2.75) is 19.3 Å². The fraction of sp³-hybridized carbons (Fsp3) is 0.0588. The molecule has 0 amide bonds. The zero-order chi connectivity index (χ0) is 35.0. The van der Waals surface area contributed by atoms with E-state index in [2.05, 4.69) is 172 Å². The Morgan fingerprint density at radius 2 is 0.849 bits per heavy atom. The van der Waals surface area contributed by atoms with E-state index in [-0.39, 0.29) is 5.41 Å². The molecule has 2 heteroatoms. The Morgan fingerprint density at radius 1 is 0.340 bits per heavy atom. The first-order valence-corrected chi connectivity index (χ1v) is 20.1. The minimum Gasteiger partial charge on any atom is -0.135 e. The Bertz CT molecular complexity index is 3310. The highest BCUT2D eigenvalue weighted by molar-refractivity contribution is 7.26. The molecule has 0 spiro atoms. The van der Waals surface area contributed by atoms with Crippen molar-refractivity contribution in [2.24, 2.45) is 0 Å². The second kappa shape index (κ2) is 10.6. The van der Waals surface area contributed by atoms with Crippen molar-refractivity contribution in [1.82, 2.24) is 0 Å². The van der Waals surface area contributed by atoms with Gasteiger partial charge in [-0.05, 0) is 113 Å². The van der Waals surface area contributed by atoms with E-state index in [9.17, 15) is 0 Å². The van der Waals surface area contributed by atoms with Gasteiger partial charge in [0.2, 0.25) is 0 Å². The summed E-state index contributed by atoms with van der Waals surface area (Å²) in [5.41, 5.74) is 10.6. The first kappa shape index (κ1) is 29.7. The van der Waals surface area contributed by atoms with Gasteiger partial charge in [-0.15, -0.1) is 22.7 Å². The summed E-state index contributed by atoms with van der Waals surface area (Å²) < 4.78 is 5.39. The van der Waals surface area contributed by atoms with Crippen molar-refractivity contribution < 1.29 is 0 Å². The van der Waals surface area contributed by atoms with Crippen LogP contribution in [0, 0.1) is 0 Å². The summed E-state index contributed by atoms with van der Waals surface area (Å²) in [5, 5.41) is 13.2. The molecule has 0 saturated carbocycles. The maximum absolute atomic E-state index is 2.51.